The van der Waals surface area contributed by atoms with Gasteiger partial charge in [-0.15, -0.1) is 0 Å². The highest BCUT2D eigenvalue weighted by Gasteiger charge is 2.44. The minimum absolute atomic E-state index is 0.213. The Bertz CT molecular complexity index is 462. The summed E-state index contributed by atoms with van der Waals surface area (Å²) in [7, 11) is 3.72. The average Bonchev–Trinajstić information content (AvgIpc) is 2.70. The minimum Gasteiger partial charge on any atom is -0.497 e. The Kier molecular flexibility index (Phi) is 2.72. The molecule has 1 aromatic carbocycles. The van der Waals surface area contributed by atoms with E-state index in [1.54, 1.807) is 7.11 Å². The van der Waals surface area contributed by atoms with Crippen LogP contribution in [0.1, 0.15) is 24.5 Å². The van der Waals surface area contributed by atoms with E-state index in [2.05, 4.69) is 11.9 Å². The maximum absolute atomic E-state index is 10.3. The summed E-state index contributed by atoms with van der Waals surface area (Å²) in [6.07, 6.45) is 1.18. The first-order chi connectivity index (χ1) is 8.62. The molecule has 18 heavy (non-hydrogen) atoms. The van der Waals surface area contributed by atoms with Crippen LogP contribution >= 0.6 is 0 Å². The first-order valence-corrected chi connectivity index (χ1v) is 6.35. The van der Waals surface area contributed by atoms with Crippen molar-refractivity contribution in [2.75, 3.05) is 27.2 Å². The van der Waals surface area contributed by atoms with Gasteiger partial charge in [0.1, 0.15) is 17.1 Å². The maximum Gasteiger partial charge on any atom is 0.126 e. The van der Waals surface area contributed by atoms with Gasteiger partial charge in [-0.2, -0.15) is 0 Å². The molecule has 1 unspecified atom stereocenters. The molecule has 2 heterocycles. The number of nitrogens with zero attached hydrogens (tertiary/aromatic N) is 1. The Hall–Kier alpha value is -1.26. The van der Waals surface area contributed by atoms with Gasteiger partial charge in [0.25, 0.3) is 0 Å². The summed E-state index contributed by atoms with van der Waals surface area (Å²) in [5.74, 6) is 1.56. The van der Waals surface area contributed by atoms with Gasteiger partial charge >= 0.3 is 0 Å². The second-order valence-corrected chi connectivity index (χ2v) is 5.40. The quantitative estimate of drug-likeness (QED) is 0.820. The number of aliphatic hydroxyl groups is 1. The molecule has 0 aromatic heterocycles. The topological polar surface area (TPSA) is 41.9 Å². The number of hydrogen-bond donors (Lipinski definition) is 1. The van der Waals surface area contributed by atoms with Crippen LogP contribution < -0.4 is 9.47 Å². The normalized spacial score (nSPS) is 31.2. The molecule has 1 aromatic rings. The molecule has 0 amide bonds. The van der Waals surface area contributed by atoms with E-state index in [9.17, 15) is 5.11 Å². The van der Waals surface area contributed by atoms with Crippen molar-refractivity contribution in [3.8, 4) is 11.5 Å². The van der Waals surface area contributed by atoms with Crippen molar-refractivity contribution in [3.63, 3.8) is 0 Å². The summed E-state index contributed by atoms with van der Waals surface area (Å²) >= 11 is 0. The fourth-order valence-electron chi connectivity index (χ4n) is 3.04. The van der Waals surface area contributed by atoms with E-state index in [0.717, 1.165) is 36.6 Å². The molecule has 2 aliphatic heterocycles. The van der Waals surface area contributed by atoms with Crippen LogP contribution in [0.25, 0.3) is 0 Å². The van der Waals surface area contributed by atoms with Crippen molar-refractivity contribution in [1.82, 2.24) is 4.90 Å². The van der Waals surface area contributed by atoms with Gasteiger partial charge in [0.05, 0.1) is 13.2 Å². The number of benzene rings is 1. The summed E-state index contributed by atoms with van der Waals surface area (Å²) in [4.78, 5) is 2.25. The zero-order chi connectivity index (χ0) is 12.8. The van der Waals surface area contributed by atoms with Crippen LogP contribution in [0.3, 0.4) is 0 Å². The van der Waals surface area contributed by atoms with Crippen LogP contribution in [-0.4, -0.2) is 42.9 Å². The van der Waals surface area contributed by atoms with E-state index < -0.39 is 6.10 Å². The lowest BCUT2D eigenvalue weighted by atomic mass is 9.88. The molecule has 1 fully saturated rings. The standard InChI is InChI=1S/C14H19NO3/c1-15-6-5-14(9-15)8-12(16)11-7-10(17-2)3-4-13(11)18-14/h3-4,7,12,16H,5-6,8-9H2,1-2H3/t12-,14?/m1/s1. The predicted octanol–water partition coefficient (Wildman–Crippen LogP) is 1.59. The Morgan fingerprint density at radius 1 is 1.50 bits per heavy atom. The summed E-state index contributed by atoms with van der Waals surface area (Å²) in [5.41, 5.74) is 0.630. The molecule has 3 rings (SSSR count). The number of likely N-dealkylation sites (N-methyl/N-ethyl adjacent to an activating group) is 1. The molecule has 2 aliphatic rings. The maximum atomic E-state index is 10.3. The zero-order valence-corrected chi connectivity index (χ0v) is 10.8. The molecule has 4 heteroatoms. The Morgan fingerprint density at radius 2 is 2.33 bits per heavy atom. The first kappa shape index (κ1) is 11.8. The third-order valence-electron chi connectivity index (χ3n) is 3.97. The molecular formula is C14H19NO3. The fraction of sp³-hybridized carbons (Fsp3) is 0.571. The molecule has 1 saturated heterocycles. The van der Waals surface area contributed by atoms with Crippen molar-refractivity contribution in [1.29, 1.82) is 0 Å². The van der Waals surface area contributed by atoms with Crippen LogP contribution in [0.15, 0.2) is 18.2 Å². The molecule has 0 aliphatic carbocycles. The molecule has 1 spiro atoms. The highest BCUT2D eigenvalue weighted by atomic mass is 16.5. The van der Waals surface area contributed by atoms with E-state index in [0.29, 0.717) is 6.42 Å². The van der Waals surface area contributed by atoms with Gasteiger partial charge in [0, 0.05) is 31.5 Å². The van der Waals surface area contributed by atoms with E-state index in [1.165, 1.54) is 0 Å². The van der Waals surface area contributed by atoms with Crippen molar-refractivity contribution in [3.05, 3.63) is 23.8 Å². The van der Waals surface area contributed by atoms with Crippen LogP contribution in [0.5, 0.6) is 11.5 Å². The van der Waals surface area contributed by atoms with Gasteiger partial charge in [0.2, 0.25) is 0 Å². The fourth-order valence-corrected chi connectivity index (χ4v) is 3.04. The summed E-state index contributed by atoms with van der Waals surface area (Å²) in [6.45, 7) is 1.91. The van der Waals surface area contributed by atoms with Gasteiger partial charge in [-0.05, 0) is 25.2 Å². The molecule has 0 saturated carbocycles. The third kappa shape index (κ3) is 1.85. The van der Waals surface area contributed by atoms with Crippen molar-refractivity contribution in [2.24, 2.45) is 0 Å². The highest BCUT2D eigenvalue weighted by Crippen LogP contribution is 2.44. The van der Waals surface area contributed by atoms with Crippen molar-refractivity contribution >= 4 is 0 Å². The SMILES string of the molecule is COc1ccc2c(c1)[C@H](O)CC1(CCN(C)C1)O2. The molecule has 1 N–H and O–H groups in total. The average molecular weight is 249 g/mol. The lowest BCUT2D eigenvalue weighted by Crippen LogP contribution is -2.43. The number of hydrogen-bond acceptors (Lipinski definition) is 4. The molecule has 2 atom stereocenters. The van der Waals surface area contributed by atoms with Crippen LogP contribution in [0, 0.1) is 0 Å². The Morgan fingerprint density at radius 3 is 3.00 bits per heavy atom. The van der Waals surface area contributed by atoms with Gasteiger partial charge in [-0.25, -0.2) is 0 Å². The smallest absolute Gasteiger partial charge is 0.126 e. The van der Waals surface area contributed by atoms with E-state index >= 15 is 0 Å². The lowest BCUT2D eigenvalue weighted by Gasteiger charge is -2.38. The number of ether oxygens (including phenoxy) is 2. The van der Waals surface area contributed by atoms with Gasteiger partial charge in [-0.3, -0.25) is 0 Å². The van der Waals surface area contributed by atoms with Gasteiger partial charge in [0.15, 0.2) is 0 Å². The number of likely N-dealkylation sites (tertiary alicyclic amines) is 1. The second kappa shape index (κ2) is 4.14. The molecule has 98 valence electrons. The van der Waals surface area contributed by atoms with Crippen LogP contribution in [-0.2, 0) is 0 Å². The molecule has 4 nitrogen and oxygen atoms in total. The molecular weight excluding hydrogens is 230 g/mol. The number of methoxy groups -OCH3 is 1. The van der Waals surface area contributed by atoms with Crippen molar-refractivity contribution in [2.45, 2.75) is 24.5 Å². The summed E-state index contributed by atoms with van der Waals surface area (Å²) in [5, 5.41) is 10.3. The van der Waals surface area contributed by atoms with Crippen molar-refractivity contribution < 1.29 is 14.6 Å². The monoisotopic (exact) mass is 249 g/mol. The first-order valence-electron chi connectivity index (χ1n) is 6.35. The molecule has 0 bridgehead atoms. The zero-order valence-electron chi connectivity index (χ0n) is 10.8. The largest absolute Gasteiger partial charge is 0.497 e. The number of fused-ring (bicyclic) bond motifs is 1. The van der Waals surface area contributed by atoms with Crippen LogP contribution in [0.4, 0.5) is 0 Å². The van der Waals surface area contributed by atoms with Gasteiger partial charge < -0.3 is 19.5 Å². The summed E-state index contributed by atoms with van der Waals surface area (Å²) in [6, 6.07) is 5.64. The molecule has 0 radical (unpaired) electrons. The van der Waals surface area contributed by atoms with E-state index in [1.807, 2.05) is 18.2 Å². The third-order valence-corrected chi connectivity index (χ3v) is 3.97. The number of aliphatic hydroxyl groups excluding tert-OH is 1. The lowest BCUT2D eigenvalue weighted by molar-refractivity contribution is -0.00593. The summed E-state index contributed by atoms with van der Waals surface area (Å²) < 4.78 is 11.4. The number of rotatable bonds is 1. The minimum atomic E-state index is -0.463. The highest BCUT2D eigenvalue weighted by molar-refractivity contribution is 5.43. The van der Waals surface area contributed by atoms with Gasteiger partial charge in [-0.1, -0.05) is 0 Å². The van der Waals surface area contributed by atoms with E-state index in [4.69, 9.17) is 9.47 Å². The second-order valence-electron chi connectivity index (χ2n) is 5.40. The Balaban J connectivity index is 1.93. The van der Waals surface area contributed by atoms with Crippen LogP contribution in [0.2, 0.25) is 0 Å². The Labute approximate surface area is 107 Å². The van der Waals surface area contributed by atoms with E-state index in [-0.39, 0.29) is 5.60 Å². The predicted molar refractivity (Wildman–Crippen MR) is 68.0 cm³/mol.